The van der Waals surface area contributed by atoms with Crippen molar-refractivity contribution in [1.29, 1.82) is 0 Å². The van der Waals surface area contributed by atoms with Crippen molar-refractivity contribution in [3.63, 3.8) is 0 Å². The molecule has 0 unspecified atom stereocenters. The zero-order valence-electron chi connectivity index (χ0n) is 16.4. The second kappa shape index (κ2) is 9.16. The Morgan fingerprint density at radius 3 is 2.34 bits per heavy atom. The average Bonchev–Trinajstić information content (AvgIpc) is 2.76. The molecule has 5 heteroatoms. The zero-order chi connectivity index (χ0) is 20.1. The van der Waals surface area contributed by atoms with E-state index in [1.165, 1.54) is 21.2 Å². The van der Waals surface area contributed by atoms with Crippen LogP contribution in [-0.4, -0.2) is 26.1 Å². The highest BCUT2D eigenvalue weighted by Crippen LogP contribution is 2.47. The van der Waals surface area contributed by atoms with E-state index in [9.17, 15) is 4.79 Å². The molecule has 0 spiro atoms. The summed E-state index contributed by atoms with van der Waals surface area (Å²) in [5, 5.41) is 3.04. The van der Waals surface area contributed by atoms with Gasteiger partial charge in [-0.2, -0.15) is 0 Å². The summed E-state index contributed by atoms with van der Waals surface area (Å²) in [6, 6.07) is 24.5. The van der Waals surface area contributed by atoms with Crippen LogP contribution >= 0.6 is 11.8 Å². The summed E-state index contributed by atoms with van der Waals surface area (Å²) in [5.74, 6) is -0.0436. The number of anilines is 2. The van der Waals surface area contributed by atoms with E-state index in [2.05, 4.69) is 58.7 Å². The molecule has 0 bridgehead atoms. The van der Waals surface area contributed by atoms with Gasteiger partial charge in [0.1, 0.15) is 0 Å². The minimum atomic E-state index is -0.0436. The Balaban J connectivity index is 1.39. The standard InChI is InChI=1S/C24H24N2O2S/c1-28-17-18-8-6-9-19(16-18)24(27)25-14-7-15-26-20-10-2-4-12-22(20)29-23-13-5-3-11-21(23)26/h2-6,8-13,16H,7,14-15,17H2,1H3,(H,25,27). The number of nitrogens with zero attached hydrogens (tertiary/aromatic N) is 1. The molecule has 4 rings (SSSR count). The molecule has 3 aromatic rings. The quantitative estimate of drug-likeness (QED) is 0.546. The van der Waals surface area contributed by atoms with E-state index in [-0.39, 0.29) is 5.91 Å². The molecule has 1 N–H and O–H groups in total. The maximum atomic E-state index is 12.5. The van der Waals surface area contributed by atoms with Crippen molar-refractivity contribution in [2.45, 2.75) is 22.8 Å². The second-order valence-corrected chi connectivity index (χ2v) is 8.02. The number of para-hydroxylation sites is 2. The first-order valence-electron chi connectivity index (χ1n) is 9.76. The minimum absolute atomic E-state index is 0.0436. The molecule has 0 saturated carbocycles. The molecule has 0 radical (unpaired) electrons. The van der Waals surface area contributed by atoms with Crippen LogP contribution in [0.1, 0.15) is 22.3 Å². The highest BCUT2D eigenvalue weighted by Gasteiger charge is 2.22. The summed E-state index contributed by atoms with van der Waals surface area (Å²) in [7, 11) is 1.65. The lowest BCUT2D eigenvalue weighted by atomic mass is 10.1. The van der Waals surface area contributed by atoms with E-state index in [0.29, 0.717) is 18.7 Å². The van der Waals surface area contributed by atoms with Crippen LogP contribution < -0.4 is 10.2 Å². The first-order chi connectivity index (χ1) is 14.3. The first kappa shape index (κ1) is 19.6. The van der Waals surface area contributed by atoms with Gasteiger partial charge < -0.3 is 15.0 Å². The van der Waals surface area contributed by atoms with Crippen molar-refractivity contribution in [1.82, 2.24) is 5.32 Å². The zero-order valence-corrected chi connectivity index (χ0v) is 17.2. The van der Waals surface area contributed by atoms with Gasteiger partial charge in [-0.05, 0) is 48.4 Å². The molecule has 0 aromatic heterocycles. The number of benzene rings is 3. The largest absolute Gasteiger partial charge is 0.380 e. The van der Waals surface area contributed by atoms with Gasteiger partial charge in [-0.15, -0.1) is 0 Å². The molecule has 1 heterocycles. The maximum absolute atomic E-state index is 12.5. The Labute approximate surface area is 175 Å². The normalized spacial score (nSPS) is 12.2. The lowest BCUT2D eigenvalue weighted by Gasteiger charge is -2.32. The van der Waals surface area contributed by atoms with Crippen LogP contribution in [-0.2, 0) is 11.3 Å². The summed E-state index contributed by atoms with van der Waals surface area (Å²) >= 11 is 1.81. The predicted octanol–water partition coefficient (Wildman–Crippen LogP) is 5.26. The molecular formula is C24H24N2O2S. The molecule has 0 saturated heterocycles. The summed E-state index contributed by atoms with van der Waals surface area (Å²) < 4.78 is 5.15. The fourth-order valence-corrected chi connectivity index (χ4v) is 4.63. The molecule has 1 aliphatic heterocycles. The Morgan fingerprint density at radius 1 is 0.966 bits per heavy atom. The highest BCUT2D eigenvalue weighted by molar-refractivity contribution is 7.99. The summed E-state index contributed by atoms with van der Waals surface area (Å²) in [6.07, 6.45) is 0.858. The molecule has 0 atom stereocenters. The fourth-order valence-electron chi connectivity index (χ4n) is 3.53. The second-order valence-electron chi connectivity index (χ2n) is 6.93. The Kier molecular flexibility index (Phi) is 6.17. The Morgan fingerprint density at radius 2 is 1.66 bits per heavy atom. The van der Waals surface area contributed by atoms with Gasteiger partial charge in [0.25, 0.3) is 5.91 Å². The van der Waals surface area contributed by atoms with Gasteiger partial charge in [-0.1, -0.05) is 48.2 Å². The summed E-state index contributed by atoms with van der Waals surface area (Å²) in [4.78, 5) is 17.4. The van der Waals surface area contributed by atoms with Crippen molar-refractivity contribution in [3.8, 4) is 0 Å². The third kappa shape index (κ3) is 4.47. The molecule has 4 nitrogen and oxygen atoms in total. The summed E-state index contributed by atoms with van der Waals surface area (Å²) in [6.45, 7) is 1.98. The van der Waals surface area contributed by atoms with Crippen molar-refractivity contribution < 1.29 is 9.53 Å². The molecule has 1 amide bonds. The van der Waals surface area contributed by atoms with E-state index < -0.39 is 0 Å². The first-order valence-corrected chi connectivity index (χ1v) is 10.6. The number of ether oxygens (including phenoxy) is 1. The highest BCUT2D eigenvalue weighted by atomic mass is 32.2. The van der Waals surface area contributed by atoms with Crippen molar-refractivity contribution in [2.75, 3.05) is 25.1 Å². The molecule has 0 fully saturated rings. The third-order valence-electron chi connectivity index (χ3n) is 4.88. The number of hydrogen-bond acceptors (Lipinski definition) is 4. The Hall–Kier alpha value is -2.76. The smallest absolute Gasteiger partial charge is 0.251 e. The van der Waals surface area contributed by atoms with Crippen LogP contribution in [0.4, 0.5) is 11.4 Å². The van der Waals surface area contributed by atoms with Gasteiger partial charge in [0, 0.05) is 35.6 Å². The predicted molar refractivity (Wildman–Crippen MR) is 118 cm³/mol. The maximum Gasteiger partial charge on any atom is 0.251 e. The van der Waals surface area contributed by atoms with E-state index in [0.717, 1.165) is 18.5 Å². The number of carbonyl (C=O) groups excluding carboxylic acids is 1. The monoisotopic (exact) mass is 404 g/mol. The van der Waals surface area contributed by atoms with Gasteiger partial charge in [-0.3, -0.25) is 4.79 Å². The molecule has 29 heavy (non-hydrogen) atoms. The molecule has 3 aromatic carbocycles. The number of fused-ring (bicyclic) bond motifs is 2. The van der Waals surface area contributed by atoms with Crippen molar-refractivity contribution in [2.24, 2.45) is 0 Å². The third-order valence-corrected chi connectivity index (χ3v) is 6.01. The summed E-state index contributed by atoms with van der Waals surface area (Å²) in [5.41, 5.74) is 4.13. The van der Waals surface area contributed by atoms with Gasteiger partial charge >= 0.3 is 0 Å². The lowest BCUT2D eigenvalue weighted by molar-refractivity contribution is 0.0953. The molecular weight excluding hydrogens is 380 g/mol. The van der Waals surface area contributed by atoms with Crippen LogP contribution in [0, 0.1) is 0 Å². The topological polar surface area (TPSA) is 41.6 Å². The van der Waals surface area contributed by atoms with Gasteiger partial charge in [0.2, 0.25) is 0 Å². The van der Waals surface area contributed by atoms with Crippen molar-refractivity contribution >= 4 is 29.0 Å². The number of methoxy groups -OCH3 is 1. The van der Waals surface area contributed by atoms with E-state index in [1.807, 2.05) is 36.0 Å². The van der Waals surface area contributed by atoms with Crippen molar-refractivity contribution in [3.05, 3.63) is 83.9 Å². The lowest BCUT2D eigenvalue weighted by Crippen LogP contribution is -2.29. The Bertz CT molecular complexity index is 960. The van der Waals surface area contributed by atoms with E-state index in [1.54, 1.807) is 7.11 Å². The van der Waals surface area contributed by atoms with Crippen LogP contribution in [0.15, 0.2) is 82.6 Å². The number of nitrogens with one attached hydrogen (secondary N) is 1. The van der Waals surface area contributed by atoms with Crippen LogP contribution in [0.2, 0.25) is 0 Å². The van der Waals surface area contributed by atoms with Gasteiger partial charge in [-0.25, -0.2) is 0 Å². The van der Waals surface area contributed by atoms with Gasteiger partial charge in [0.05, 0.1) is 18.0 Å². The molecule has 0 aliphatic carbocycles. The van der Waals surface area contributed by atoms with E-state index in [4.69, 9.17) is 4.74 Å². The average molecular weight is 405 g/mol. The SMILES string of the molecule is COCc1cccc(C(=O)NCCCN2c3ccccc3Sc3ccccc32)c1. The number of hydrogen-bond donors (Lipinski definition) is 1. The van der Waals surface area contributed by atoms with Crippen LogP contribution in [0.25, 0.3) is 0 Å². The van der Waals surface area contributed by atoms with Gasteiger partial charge in [0.15, 0.2) is 0 Å². The van der Waals surface area contributed by atoms with E-state index >= 15 is 0 Å². The number of amides is 1. The molecule has 1 aliphatic rings. The number of carbonyl (C=O) groups is 1. The number of rotatable bonds is 7. The fraction of sp³-hybridized carbons (Fsp3) is 0.208. The minimum Gasteiger partial charge on any atom is -0.380 e. The van der Waals surface area contributed by atoms with Crippen LogP contribution in [0.3, 0.4) is 0 Å². The van der Waals surface area contributed by atoms with Crippen LogP contribution in [0.5, 0.6) is 0 Å². The molecule has 148 valence electrons.